The van der Waals surface area contributed by atoms with Crippen molar-refractivity contribution in [1.29, 1.82) is 0 Å². The van der Waals surface area contributed by atoms with Crippen LogP contribution in [0.2, 0.25) is 0 Å². The molecular weight excluding hydrogens is 222 g/mol. The zero-order valence-electron chi connectivity index (χ0n) is 11.6. The monoisotopic (exact) mass is 245 g/mol. The average molecular weight is 245 g/mol. The van der Waals surface area contributed by atoms with Gasteiger partial charge in [0.15, 0.2) is 0 Å². The lowest BCUT2D eigenvalue weighted by atomic mass is 9.93. The van der Waals surface area contributed by atoms with Crippen molar-refractivity contribution >= 4 is 11.8 Å². The van der Waals surface area contributed by atoms with Gasteiger partial charge in [0.25, 0.3) is 0 Å². The molecule has 1 aromatic rings. The van der Waals surface area contributed by atoms with E-state index in [1.807, 2.05) is 13.0 Å². The molecule has 0 bridgehead atoms. The quantitative estimate of drug-likeness (QED) is 0.826. The van der Waals surface area contributed by atoms with Gasteiger partial charge >= 0.3 is 0 Å². The van der Waals surface area contributed by atoms with Crippen LogP contribution >= 0.6 is 0 Å². The maximum atomic E-state index is 5.56. The lowest BCUT2D eigenvalue weighted by Gasteiger charge is -2.28. The highest BCUT2D eigenvalue weighted by Crippen LogP contribution is 2.32. The second-order valence-corrected chi connectivity index (χ2v) is 4.74. The molecule has 0 saturated heterocycles. The lowest BCUT2D eigenvalue weighted by molar-refractivity contribution is 0.340. The summed E-state index contributed by atoms with van der Waals surface area (Å²) in [7, 11) is 0. The molecule has 0 aromatic heterocycles. The van der Waals surface area contributed by atoms with Crippen molar-refractivity contribution in [2.24, 2.45) is 0 Å². The van der Waals surface area contributed by atoms with Gasteiger partial charge in [0.1, 0.15) is 5.75 Å². The Morgan fingerprint density at radius 1 is 1.22 bits per heavy atom. The number of anilines is 1. The highest BCUT2D eigenvalue weighted by Gasteiger charge is 2.18. The minimum Gasteiger partial charge on any atom is -0.494 e. The third-order valence-corrected chi connectivity index (χ3v) is 3.44. The van der Waals surface area contributed by atoms with Crippen molar-refractivity contribution in [3.8, 4) is 5.75 Å². The van der Waals surface area contributed by atoms with E-state index in [-0.39, 0.29) is 0 Å². The van der Waals surface area contributed by atoms with E-state index in [1.54, 1.807) is 0 Å². The second kappa shape index (κ2) is 5.94. The number of hydrogen-bond acceptors (Lipinski definition) is 2. The Bertz CT molecular complexity index is 437. The molecule has 0 spiro atoms. The minimum atomic E-state index is 0.505. The molecule has 2 heteroatoms. The average Bonchev–Trinajstić information content (AvgIpc) is 2.39. The second-order valence-electron chi connectivity index (χ2n) is 4.74. The van der Waals surface area contributed by atoms with Gasteiger partial charge in [-0.25, -0.2) is 0 Å². The van der Waals surface area contributed by atoms with Gasteiger partial charge in [-0.05, 0) is 43.5 Å². The van der Waals surface area contributed by atoms with Crippen molar-refractivity contribution in [3.05, 3.63) is 29.3 Å². The van der Waals surface area contributed by atoms with Crippen molar-refractivity contribution in [3.63, 3.8) is 0 Å². The molecule has 0 radical (unpaired) electrons. The molecule has 2 rings (SSSR count). The Kier molecular flexibility index (Phi) is 4.29. The lowest BCUT2D eigenvalue weighted by Crippen LogP contribution is -2.24. The van der Waals surface area contributed by atoms with Crippen molar-refractivity contribution in [2.45, 2.75) is 46.1 Å². The van der Waals surface area contributed by atoms with E-state index in [9.17, 15) is 0 Å². The summed E-state index contributed by atoms with van der Waals surface area (Å²) in [6, 6.07) is 6.81. The number of fused-ring (bicyclic) bond motifs is 1. The number of hydrogen-bond donors (Lipinski definition) is 1. The van der Waals surface area contributed by atoms with Crippen LogP contribution in [-0.4, -0.2) is 12.6 Å². The van der Waals surface area contributed by atoms with Crippen molar-refractivity contribution < 1.29 is 4.74 Å². The molecule has 18 heavy (non-hydrogen) atoms. The van der Waals surface area contributed by atoms with Crippen LogP contribution in [0, 0.1) is 0 Å². The first kappa shape index (κ1) is 13.0. The number of benzene rings is 1. The normalized spacial score (nSPS) is 17.7. The third kappa shape index (κ3) is 2.69. The Balaban J connectivity index is 2.28. The van der Waals surface area contributed by atoms with E-state index >= 15 is 0 Å². The molecule has 1 aliphatic heterocycles. The molecule has 1 aliphatic rings. The summed E-state index contributed by atoms with van der Waals surface area (Å²) in [5, 5.41) is 3.64. The van der Waals surface area contributed by atoms with Gasteiger partial charge in [0, 0.05) is 17.3 Å². The van der Waals surface area contributed by atoms with E-state index in [2.05, 4.69) is 37.4 Å². The molecule has 0 saturated carbocycles. The molecule has 1 atom stereocenters. The summed E-state index contributed by atoms with van der Waals surface area (Å²) in [6.07, 6.45) is 5.85. The van der Waals surface area contributed by atoms with E-state index < -0.39 is 0 Å². The highest BCUT2D eigenvalue weighted by atomic mass is 16.5. The van der Waals surface area contributed by atoms with Gasteiger partial charge in [0.05, 0.1) is 6.61 Å². The van der Waals surface area contributed by atoms with Crippen LogP contribution in [0.25, 0.3) is 6.08 Å². The third-order valence-electron chi connectivity index (χ3n) is 3.44. The maximum absolute atomic E-state index is 5.56. The molecule has 1 aromatic carbocycles. The summed E-state index contributed by atoms with van der Waals surface area (Å²) in [5.41, 5.74) is 3.98. The van der Waals surface area contributed by atoms with Gasteiger partial charge in [-0.2, -0.15) is 0 Å². The first-order valence-corrected chi connectivity index (χ1v) is 7.02. The van der Waals surface area contributed by atoms with E-state index in [0.717, 1.165) is 18.8 Å². The Hall–Kier alpha value is -1.44. The highest BCUT2D eigenvalue weighted by molar-refractivity contribution is 5.74. The van der Waals surface area contributed by atoms with E-state index in [4.69, 9.17) is 4.74 Å². The number of ether oxygens (including phenoxy) is 1. The van der Waals surface area contributed by atoms with Crippen molar-refractivity contribution in [1.82, 2.24) is 0 Å². The van der Waals surface area contributed by atoms with Crippen molar-refractivity contribution in [2.75, 3.05) is 11.9 Å². The van der Waals surface area contributed by atoms with Gasteiger partial charge in [0.2, 0.25) is 0 Å². The van der Waals surface area contributed by atoms with Crippen LogP contribution in [0.4, 0.5) is 5.69 Å². The Morgan fingerprint density at radius 3 is 2.72 bits per heavy atom. The minimum absolute atomic E-state index is 0.505. The predicted octanol–water partition coefficient (Wildman–Crippen LogP) is 4.47. The number of nitrogens with one attached hydrogen (secondary N) is 1. The molecule has 0 aliphatic carbocycles. The zero-order valence-corrected chi connectivity index (χ0v) is 11.6. The smallest absolute Gasteiger partial charge is 0.120 e. The fraction of sp³-hybridized carbons (Fsp3) is 0.500. The van der Waals surface area contributed by atoms with Crippen LogP contribution in [0.5, 0.6) is 5.75 Å². The summed E-state index contributed by atoms with van der Waals surface area (Å²) < 4.78 is 5.56. The van der Waals surface area contributed by atoms with Gasteiger partial charge in [-0.3, -0.25) is 0 Å². The largest absolute Gasteiger partial charge is 0.494 e. The first-order valence-electron chi connectivity index (χ1n) is 7.02. The SMILES string of the molecule is CCCC1Nc2ccc(OCC)cc2C=C1CC. The first-order chi connectivity index (χ1) is 8.78. The van der Waals surface area contributed by atoms with E-state index in [0.29, 0.717) is 6.04 Å². The molecule has 2 nitrogen and oxygen atoms in total. The molecule has 1 N–H and O–H groups in total. The van der Waals surface area contributed by atoms with Gasteiger partial charge in [-0.1, -0.05) is 26.3 Å². The maximum Gasteiger partial charge on any atom is 0.120 e. The summed E-state index contributed by atoms with van der Waals surface area (Å²) in [5.74, 6) is 0.957. The van der Waals surface area contributed by atoms with Crippen LogP contribution in [0.3, 0.4) is 0 Å². The number of rotatable bonds is 5. The van der Waals surface area contributed by atoms with Crippen LogP contribution in [0.15, 0.2) is 23.8 Å². The molecule has 98 valence electrons. The van der Waals surface area contributed by atoms with Crippen LogP contribution in [-0.2, 0) is 0 Å². The topological polar surface area (TPSA) is 21.3 Å². The summed E-state index contributed by atoms with van der Waals surface area (Å²) in [6.45, 7) is 7.20. The summed E-state index contributed by atoms with van der Waals surface area (Å²) in [4.78, 5) is 0. The fourth-order valence-corrected chi connectivity index (χ4v) is 2.52. The van der Waals surface area contributed by atoms with Crippen LogP contribution in [0.1, 0.15) is 45.6 Å². The van der Waals surface area contributed by atoms with Crippen LogP contribution < -0.4 is 10.1 Å². The zero-order chi connectivity index (χ0) is 13.0. The summed E-state index contributed by atoms with van der Waals surface area (Å²) >= 11 is 0. The van der Waals surface area contributed by atoms with Gasteiger partial charge in [-0.15, -0.1) is 0 Å². The molecule has 1 heterocycles. The Morgan fingerprint density at radius 2 is 2.06 bits per heavy atom. The predicted molar refractivity (Wildman–Crippen MR) is 78.2 cm³/mol. The fourth-order valence-electron chi connectivity index (χ4n) is 2.52. The van der Waals surface area contributed by atoms with Gasteiger partial charge < -0.3 is 10.1 Å². The molecule has 0 fully saturated rings. The molecular formula is C16H23NO. The standard InChI is InChI=1S/C16H23NO/c1-4-7-15-12(5-2)10-13-11-14(18-6-3)8-9-16(13)17-15/h8-11,15,17H,4-7H2,1-3H3. The Labute approximate surface area is 110 Å². The van der Waals surface area contributed by atoms with E-state index in [1.165, 1.54) is 29.7 Å². The molecule has 0 amide bonds. The molecule has 1 unspecified atom stereocenters.